The molecule has 1 rings (SSSR count). The van der Waals surface area contributed by atoms with E-state index in [1.54, 1.807) is 20.8 Å². The third kappa shape index (κ3) is 4.11. The highest BCUT2D eigenvalue weighted by atomic mass is 16.4. The van der Waals surface area contributed by atoms with Gasteiger partial charge in [0.25, 0.3) is 5.91 Å². The molecule has 0 saturated heterocycles. The SMILES string of the molecule is CCc1oc(C(=O)NCC(=O)NC(C)C)cc1C(=O)O. The highest BCUT2D eigenvalue weighted by Gasteiger charge is 2.20. The summed E-state index contributed by atoms with van der Waals surface area (Å²) in [5, 5.41) is 13.9. The Morgan fingerprint density at radius 3 is 2.45 bits per heavy atom. The summed E-state index contributed by atoms with van der Waals surface area (Å²) in [6, 6.07) is 1.14. The van der Waals surface area contributed by atoms with Crippen LogP contribution >= 0.6 is 0 Å². The molecule has 0 spiro atoms. The maximum atomic E-state index is 11.8. The van der Waals surface area contributed by atoms with Crippen molar-refractivity contribution in [3.05, 3.63) is 23.2 Å². The van der Waals surface area contributed by atoms with Crippen LogP contribution in [0.3, 0.4) is 0 Å². The number of aryl methyl sites for hydroxylation is 1. The van der Waals surface area contributed by atoms with Crippen LogP contribution in [0.2, 0.25) is 0 Å². The molecule has 20 heavy (non-hydrogen) atoms. The number of carboxylic acids is 1. The highest BCUT2D eigenvalue weighted by Crippen LogP contribution is 2.16. The first kappa shape index (κ1) is 15.7. The van der Waals surface area contributed by atoms with Crippen molar-refractivity contribution in [1.29, 1.82) is 0 Å². The van der Waals surface area contributed by atoms with Gasteiger partial charge < -0.3 is 20.2 Å². The van der Waals surface area contributed by atoms with Gasteiger partial charge in [-0.3, -0.25) is 9.59 Å². The number of furan rings is 1. The second-order valence-electron chi connectivity index (χ2n) is 4.51. The molecule has 1 heterocycles. The molecule has 0 aliphatic rings. The molecule has 110 valence electrons. The standard InChI is InChI=1S/C13H18N2O5/c1-4-9-8(13(18)19)5-10(20-9)12(17)14-6-11(16)15-7(2)3/h5,7H,4,6H2,1-3H3,(H,14,17)(H,15,16)(H,18,19). The monoisotopic (exact) mass is 282 g/mol. The minimum absolute atomic E-state index is 0.0201. The fraction of sp³-hybridized carbons (Fsp3) is 0.462. The normalized spacial score (nSPS) is 10.4. The number of hydrogen-bond acceptors (Lipinski definition) is 4. The van der Waals surface area contributed by atoms with Gasteiger partial charge >= 0.3 is 5.97 Å². The molecular formula is C13H18N2O5. The number of carboxylic acid groups (broad SMARTS) is 1. The molecular weight excluding hydrogens is 264 g/mol. The van der Waals surface area contributed by atoms with E-state index in [1.165, 1.54) is 0 Å². The van der Waals surface area contributed by atoms with E-state index < -0.39 is 11.9 Å². The van der Waals surface area contributed by atoms with Crippen LogP contribution in [0.4, 0.5) is 0 Å². The Morgan fingerprint density at radius 1 is 1.35 bits per heavy atom. The minimum Gasteiger partial charge on any atom is -0.478 e. The molecule has 7 nitrogen and oxygen atoms in total. The van der Waals surface area contributed by atoms with E-state index in [2.05, 4.69) is 10.6 Å². The fourth-order valence-corrected chi connectivity index (χ4v) is 1.60. The molecule has 2 amide bonds. The lowest BCUT2D eigenvalue weighted by atomic mass is 10.2. The summed E-state index contributed by atoms with van der Waals surface area (Å²) < 4.78 is 5.18. The Hall–Kier alpha value is -2.31. The van der Waals surface area contributed by atoms with Crippen LogP contribution in [0.1, 0.15) is 47.4 Å². The Labute approximate surface area is 116 Å². The van der Waals surface area contributed by atoms with Gasteiger partial charge in [-0.2, -0.15) is 0 Å². The van der Waals surface area contributed by atoms with E-state index in [9.17, 15) is 14.4 Å². The smallest absolute Gasteiger partial charge is 0.339 e. The van der Waals surface area contributed by atoms with Crippen LogP contribution in [-0.2, 0) is 11.2 Å². The van der Waals surface area contributed by atoms with Gasteiger partial charge in [-0.1, -0.05) is 6.92 Å². The summed E-state index contributed by atoms with van der Waals surface area (Å²) in [6.45, 7) is 5.14. The van der Waals surface area contributed by atoms with E-state index in [4.69, 9.17) is 9.52 Å². The van der Waals surface area contributed by atoms with Gasteiger partial charge in [-0.25, -0.2) is 4.79 Å². The van der Waals surface area contributed by atoms with Gasteiger partial charge in [-0.15, -0.1) is 0 Å². The summed E-state index contributed by atoms with van der Waals surface area (Å²) in [5.41, 5.74) is -0.0377. The lowest BCUT2D eigenvalue weighted by Gasteiger charge is -2.08. The van der Waals surface area contributed by atoms with E-state index >= 15 is 0 Å². The zero-order chi connectivity index (χ0) is 15.3. The maximum absolute atomic E-state index is 11.8. The van der Waals surface area contributed by atoms with Crippen molar-refractivity contribution in [2.75, 3.05) is 6.54 Å². The summed E-state index contributed by atoms with van der Waals surface area (Å²) in [5.74, 6) is -1.98. The molecule has 7 heteroatoms. The number of carbonyl (C=O) groups excluding carboxylic acids is 2. The minimum atomic E-state index is -1.15. The van der Waals surface area contributed by atoms with E-state index in [0.717, 1.165) is 6.07 Å². The summed E-state index contributed by atoms with van der Waals surface area (Å²) >= 11 is 0. The molecule has 0 aliphatic heterocycles. The molecule has 0 bridgehead atoms. The number of carbonyl (C=O) groups is 3. The summed E-state index contributed by atoms with van der Waals surface area (Å²) in [6.07, 6.45) is 0.364. The van der Waals surface area contributed by atoms with Crippen molar-refractivity contribution in [2.45, 2.75) is 33.2 Å². The lowest BCUT2D eigenvalue weighted by molar-refractivity contribution is -0.120. The average molecular weight is 282 g/mol. The Morgan fingerprint density at radius 2 is 2.00 bits per heavy atom. The lowest BCUT2D eigenvalue weighted by Crippen LogP contribution is -2.39. The molecule has 0 saturated carbocycles. The molecule has 0 fully saturated rings. The first-order valence-corrected chi connectivity index (χ1v) is 6.28. The van der Waals surface area contributed by atoms with Gasteiger partial charge in [0.05, 0.1) is 6.54 Å². The van der Waals surface area contributed by atoms with Crippen LogP contribution in [0.15, 0.2) is 10.5 Å². The molecule has 0 unspecified atom stereocenters. The largest absolute Gasteiger partial charge is 0.478 e. The first-order valence-electron chi connectivity index (χ1n) is 6.28. The number of rotatable bonds is 6. The van der Waals surface area contributed by atoms with Crippen molar-refractivity contribution in [1.82, 2.24) is 10.6 Å². The maximum Gasteiger partial charge on any atom is 0.339 e. The number of hydrogen-bond donors (Lipinski definition) is 3. The predicted molar refractivity (Wildman–Crippen MR) is 70.7 cm³/mol. The van der Waals surface area contributed by atoms with Crippen LogP contribution in [0, 0.1) is 0 Å². The van der Waals surface area contributed by atoms with Crippen molar-refractivity contribution in [3.63, 3.8) is 0 Å². The quantitative estimate of drug-likeness (QED) is 0.715. The van der Waals surface area contributed by atoms with Crippen LogP contribution in [-0.4, -0.2) is 35.5 Å². The van der Waals surface area contributed by atoms with Gasteiger partial charge in [0.2, 0.25) is 5.91 Å². The highest BCUT2D eigenvalue weighted by molar-refractivity contribution is 5.97. The molecule has 1 aromatic rings. The number of nitrogens with one attached hydrogen (secondary N) is 2. The van der Waals surface area contributed by atoms with E-state index in [1.807, 2.05) is 0 Å². The van der Waals surface area contributed by atoms with Gasteiger partial charge in [0.1, 0.15) is 11.3 Å². The van der Waals surface area contributed by atoms with Gasteiger partial charge in [0, 0.05) is 18.5 Å². The Kier molecular flexibility index (Phi) is 5.31. The first-order chi connectivity index (χ1) is 9.35. The molecule has 0 atom stereocenters. The van der Waals surface area contributed by atoms with Crippen molar-refractivity contribution in [2.24, 2.45) is 0 Å². The summed E-state index contributed by atoms with van der Waals surface area (Å²) in [7, 11) is 0. The van der Waals surface area contributed by atoms with E-state index in [0.29, 0.717) is 6.42 Å². The van der Waals surface area contributed by atoms with Crippen LogP contribution in [0.5, 0.6) is 0 Å². The second-order valence-corrected chi connectivity index (χ2v) is 4.51. The molecule has 3 N–H and O–H groups in total. The third-order valence-electron chi connectivity index (χ3n) is 2.44. The molecule has 0 radical (unpaired) electrons. The Balaban J connectivity index is 2.69. The third-order valence-corrected chi connectivity index (χ3v) is 2.44. The second kappa shape index (κ2) is 6.74. The van der Waals surface area contributed by atoms with Crippen LogP contribution in [0.25, 0.3) is 0 Å². The summed E-state index contributed by atoms with van der Waals surface area (Å²) in [4.78, 5) is 34.1. The zero-order valence-corrected chi connectivity index (χ0v) is 11.6. The van der Waals surface area contributed by atoms with Crippen LogP contribution < -0.4 is 10.6 Å². The van der Waals surface area contributed by atoms with E-state index in [-0.39, 0.29) is 35.6 Å². The fourth-order valence-electron chi connectivity index (χ4n) is 1.60. The Bertz CT molecular complexity index is 519. The average Bonchev–Trinajstić information content (AvgIpc) is 2.79. The molecule has 0 aliphatic carbocycles. The predicted octanol–water partition coefficient (Wildman–Crippen LogP) is 0.795. The van der Waals surface area contributed by atoms with Gasteiger partial charge in [0.15, 0.2) is 5.76 Å². The number of amides is 2. The van der Waals surface area contributed by atoms with Crippen molar-refractivity contribution in [3.8, 4) is 0 Å². The zero-order valence-electron chi connectivity index (χ0n) is 11.6. The topological polar surface area (TPSA) is 109 Å². The number of aromatic carboxylic acids is 1. The van der Waals surface area contributed by atoms with Gasteiger partial charge in [-0.05, 0) is 13.8 Å². The molecule has 0 aromatic carbocycles. The van der Waals surface area contributed by atoms with Crippen molar-refractivity contribution < 1.29 is 23.9 Å². The molecule has 1 aromatic heterocycles. The van der Waals surface area contributed by atoms with Crippen molar-refractivity contribution >= 4 is 17.8 Å².